The number of carbonyl (C=O) groups excluding carboxylic acids is 1. The Kier molecular flexibility index (Phi) is 4.07. The maximum atomic E-state index is 11.6. The highest BCUT2D eigenvalue weighted by molar-refractivity contribution is 5.91. The lowest BCUT2D eigenvalue weighted by atomic mass is 10.1. The first-order valence-electron chi connectivity index (χ1n) is 6.54. The van der Waals surface area contributed by atoms with Gasteiger partial charge in [0, 0.05) is 6.04 Å². The molecule has 0 aromatic heterocycles. The molecule has 0 atom stereocenters. The van der Waals surface area contributed by atoms with Gasteiger partial charge in [0.1, 0.15) is 0 Å². The lowest BCUT2D eigenvalue weighted by Gasteiger charge is -2.15. The molecule has 18 heavy (non-hydrogen) atoms. The summed E-state index contributed by atoms with van der Waals surface area (Å²) >= 11 is 0. The van der Waals surface area contributed by atoms with Crippen LogP contribution >= 0.6 is 0 Å². The second-order valence-corrected chi connectivity index (χ2v) is 4.65. The zero-order valence-corrected chi connectivity index (χ0v) is 10.7. The van der Waals surface area contributed by atoms with E-state index in [0.717, 1.165) is 5.69 Å². The Morgan fingerprint density at radius 3 is 2.78 bits per heavy atom. The van der Waals surface area contributed by atoms with Crippen molar-refractivity contribution in [3.8, 4) is 0 Å². The molecule has 0 heterocycles. The monoisotopic (exact) mass is 248 g/mol. The second-order valence-electron chi connectivity index (χ2n) is 4.65. The van der Waals surface area contributed by atoms with Gasteiger partial charge in [-0.1, -0.05) is 12.8 Å². The Morgan fingerprint density at radius 2 is 2.17 bits per heavy atom. The summed E-state index contributed by atoms with van der Waals surface area (Å²) in [5, 5.41) is 3.43. The van der Waals surface area contributed by atoms with Crippen molar-refractivity contribution in [2.24, 2.45) is 0 Å². The van der Waals surface area contributed by atoms with E-state index < -0.39 is 0 Å². The fraction of sp³-hybridized carbons (Fsp3) is 0.500. The molecular formula is C14H20N2O2. The van der Waals surface area contributed by atoms with E-state index in [-0.39, 0.29) is 5.97 Å². The molecule has 0 bridgehead atoms. The summed E-state index contributed by atoms with van der Waals surface area (Å²) in [4.78, 5) is 11.6. The third kappa shape index (κ3) is 2.94. The molecule has 0 amide bonds. The minimum absolute atomic E-state index is 0.323. The summed E-state index contributed by atoms with van der Waals surface area (Å²) in [6.07, 6.45) is 4.94. The fourth-order valence-electron chi connectivity index (χ4n) is 2.33. The van der Waals surface area contributed by atoms with Crippen LogP contribution in [0.5, 0.6) is 0 Å². The van der Waals surface area contributed by atoms with Crippen LogP contribution in [0.15, 0.2) is 18.2 Å². The van der Waals surface area contributed by atoms with Crippen LogP contribution in [0.2, 0.25) is 0 Å². The third-order valence-corrected chi connectivity index (χ3v) is 3.28. The van der Waals surface area contributed by atoms with Crippen LogP contribution in [0, 0.1) is 0 Å². The molecule has 2 rings (SSSR count). The molecule has 98 valence electrons. The van der Waals surface area contributed by atoms with Crippen LogP contribution in [0.3, 0.4) is 0 Å². The number of nitrogen functional groups attached to an aromatic ring is 1. The second kappa shape index (κ2) is 5.76. The summed E-state index contributed by atoms with van der Waals surface area (Å²) < 4.78 is 4.94. The molecule has 0 aliphatic heterocycles. The van der Waals surface area contributed by atoms with Crippen molar-refractivity contribution in [2.45, 2.75) is 38.6 Å². The average molecular weight is 248 g/mol. The van der Waals surface area contributed by atoms with Crippen molar-refractivity contribution in [3.63, 3.8) is 0 Å². The Morgan fingerprint density at radius 1 is 1.44 bits per heavy atom. The SMILES string of the molecule is CCOC(=O)c1ccc(NC2CCCC2)c(N)c1. The number of benzene rings is 1. The zero-order chi connectivity index (χ0) is 13.0. The molecule has 3 N–H and O–H groups in total. The van der Waals surface area contributed by atoms with Gasteiger partial charge in [0.25, 0.3) is 0 Å². The summed E-state index contributed by atoms with van der Waals surface area (Å²) in [6, 6.07) is 5.81. The van der Waals surface area contributed by atoms with Crippen LogP contribution in [0.25, 0.3) is 0 Å². The standard InChI is InChI=1S/C14H20N2O2/c1-2-18-14(17)10-7-8-13(12(15)9-10)16-11-5-3-4-6-11/h7-9,11,16H,2-6,15H2,1H3. The van der Waals surface area contributed by atoms with E-state index in [0.29, 0.717) is 23.9 Å². The first-order chi connectivity index (χ1) is 8.70. The van der Waals surface area contributed by atoms with E-state index in [1.807, 2.05) is 6.07 Å². The number of nitrogens with two attached hydrogens (primary N) is 1. The Bertz CT molecular complexity index is 426. The maximum Gasteiger partial charge on any atom is 0.338 e. The molecule has 1 aromatic rings. The topological polar surface area (TPSA) is 64.3 Å². The molecule has 4 nitrogen and oxygen atoms in total. The van der Waals surface area contributed by atoms with Crippen molar-refractivity contribution in [3.05, 3.63) is 23.8 Å². The van der Waals surface area contributed by atoms with Crippen LogP contribution in [-0.4, -0.2) is 18.6 Å². The van der Waals surface area contributed by atoms with Gasteiger partial charge in [-0.2, -0.15) is 0 Å². The number of rotatable bonds is 4. The van der Waals surface area contributed by atoms with Gasteiger partial charge in [-0.15, -0.1) is 0 Å². The van der Waals surface area contributed by atoms with E-state index in [2.05, 4.69) is 5.32 Å². The van der Waals surface area contributed by atoms with E-state index >= 15 is 0 Å². The summed E-state index contributed by atoms with van der Waals surface area (Å²) in [6.45, 7) is 2.16. The molecular weight excluding hydrogens is 228 g/mol. The van der Waals surface area contributed by atoms with Crippen LogP contribution in [0.1, 0.15) is 43.0 Å². The van der Waals surface area contributed by atoms with Crippen molar-refractivity contribution < 1.29 is 9.53 Å². The van der Waals surface area contributed by atoms with Gasteiger partial charge in [-0.05, 0) is 38.0 Å². The Hall–Kier alpha value is -1.71. The van der Waals surface area contributed by atoms with Crippen molar-refractivity contribution in [1.29, 1.82) is 0 Å². The largest absolute Gasteiger partial charge is 0.462 e. The molecule has 1 fully saturated rings. The van der Waals surface area contributed by atoms with Gasteiger partial charge in [-0.25, -0.2) is 4.79 Å². The number of ether oxygens (including phenoxy) is 1. The first kappa shape index (κ1) is 12.7. The molecule has 4 heteroatoms. The average Bonchev–Trinajstić information content (AvgIpc) is 2.85. The van der Waals surface area contributed by atoms with Crippen LogP contribution in [0.4, 0.5) is 11.4 Å². The number of carbonyl (C=O) groups is 1. The molecule has 0 saturated heterocycles. The number of nitrogens with one attached hydrogen (secondary N) is 1. The normalized spacial score (nSPS) is 15.6. The predicted molar refractivity (Wildman–Crippen MR) is 72.7 cm³/mol. The molecule has 0 unspecified atom stereocenters. The highest BCUT2D eigenvalue weighted by atomic mass is 16.5. The van der Waals surface area contributed by atoms with Crippen LogP contribution < -0.4 is 11.1 Å². The summed E-state index contributed by atoms with van der Waals surface area (Å²) in [5.74, 6) is -0.323. The molecule has 1 aliphatic rings. The van der Waals surface area contributed by atoms with Crippen molar-refractivity contribution in [1.82, 2.24) is 0 Å². The smallest absolute Gasteiger partial charge is 0.338 e. The quantitative estimate of drug-likeness (QED) is 0.635. The minimum atomic E-state index is -0.323. The number of hydrogen-bond donors (Lipinski definition) is 2. The Balaban J connectivity index is 2.06. The minimum Gasteiger partial charge on any atom is -0.462 e. The summed E-state index contributed by atoms with van der Waals surface area (Å²) in [7, 11) is 0. The van der Waals surface area contributed by atoms with Crippen LogP contribution in [-0.2, 0) is 4.74 Å². The van der Waals surface area contributed by atoms with E-state index in [1.165, 1.54) is 25.7 Å². The van der Waals surface area contributed by atoms with Gasteiger partial charge in [0.15, 0.2) is 0 Å². The van der Waals surface area contributed by atoms with Crippen molar-refractivity contribution >= 4 is 17.3 Å². The predicted octanol–water partition coefficient (Wildman–Crippen LogP) is 2.80. The third-order valence-electron chi connectivity index (χ3n) is 3.28. The van der Waals surface area contributed by atoms with Gasteiger partial charge in [-0.3, -0.25) is 0 Å². The van der Waals surface area contributed by atoms with Gasteiger partial charge < -0.3 is 15.8 Å². The number of esters is 1. The first-order valence-corrected chi connectivity index (χ1v) is 6.54. The van der Waals surface area contributed by atoms with Crippen molar-refractivity contribution in [2.75, 3.05) is 17.7 Å². The number of hydrogen-bond acceptors (Lipinski definition) is 4. The van der Waals surface area contributed by atoms with E-state index in [4.69, 9.17) is 10.5 Å². The molecule has 1 saturated carbocycles. The molecule has 1 aromatic carbocycles. The molecule has 0 spiro atoms. The molecule has 0 radical (unpaired) electrons. The van der Waals surface area contributed by atoms with E-state index in [9.17, 15) is 4.79 Å². The Labute approximate surface area is 108 Å². The fourth-order valence-corrected chi connectivity index (χ4v) is 2.33. The highest BCUT2D eigenvalue weighted by Crippen LogP contribution is 2.26. The highest BCUT2D eigenvalue weighted by Gasteiger charge is 2.16. The van der Waals surface area contributed by atoms with Gasteiger partial charge >= 0.3 is 5.97 Å². The summed E-state index contributed by atoms with van der Waals surface area (Å²) in [5.41, 5.74) is 7.99. The van der Waals surface area contributed by atoms with E-state index in [1.54, 1.807) is 19.1 Å². The lowest BCUT2D eigenvalue weighted by Crippen LogP contribution is -2.16. The van der Waals surface area contributed by atoms with Gasteiger partial charge in [0.05, 0.1) is 23.5 Å². The molecule has 1 aliphatic carbocycles. The zero-order valence-electron chi connectivity index (χ0n) is 10.7. The maximum absolute atomic E-state index is 11.6. The van der Waals surface area contributed by atoms with Gasteiger partial charge in [0.2, 0.25) is 0 Å². The number of anilines is 2. The lowest BCUT2D eigenvalue weighted by molar-refractivity contribution is 0.0526.